The smallest absolute Gasteiger partial charge is 0.233 e. The van der Waals surface area contributed by atoms with Crippen molar-refractivity contribution in [3.05, 3.63) is 5.82 Å². The molecular weight excluding hydrogens is 272 g/mol. The van der Waals surface area contributed by atoms with Crippen molar-refractivity contribution in [2.75, 3.05) is 18.8 Å². The van der Waals surface area contributed by atoms with Crippen molar-refractivity contribution >= 4 is 17.7 Å². The summed E-state index contributed by atoms with van der Waals surface area (Å²) >= 11 is 1.55. The first-order chi connectivity index (χ1) is 9.74. The number of hydrogen-bond donors (Lipinski definition) is 0. The first-order valence-electron chi connectivity index (χ1n) is 7.60. The van der Waals surface area contributed by atoms with Gasteiger partial charge >= 0.3 is 0 Å². The van der Waals surface area contributed by atoms with Crippen molar-refractivity contribution in [2.45, 2.75) is 56.6 Å². The van der Waals surface area contributed by atoms with Crippen LogP contribution in [-0.2, 0) is 4.79 Å². The van der Waals surface area contributed by atoms with E-state index >= 15 is 0 Å². The van der Waals surface area contributed by atoms with Crippen molar-refractivity contribution in [1.82, 2.24) is 19.7 Å². The molecule has 0 aromatic carbocycles. The minimum atomic E-state index is 0.193. The molecule has 2 saturated carbocycles. The minimum Gasteiger partial charge on any atom is -0.343 e. The van der Waals surface area contributed by atoms with Crippen LogP contribution in [0.3, 0.4) is 0 Å². The van der Waals surface area contributed by atoms with Gasteiger partial charge in [-0.15, -0.1) is 10.2 Å². The third kappa shape index (κ3) is 2.85. The topological polar surface area (TPSA) is 51.0 Å². The standard InChI is InChI=1S/C14H22N4OS/c1-3-17(4-2)12(19)9-20-14-16-15-13(10-5-6-10)18(14)11-7-8-11/h10-11H,3-9H2,1-2H3. The average molecular weight is 294 g/mol. The van der Waals surface area contributed by atoms with Gasteiger partial charge in [0.25, 0.3) is 0 Å². The molecule has 2 fully saturated rings. The number of nitrogens with zero attached hydrogens (tertiary/aromatic N) is 4. The van der Waals surface area contributed by atoms with Crippen LogP contribution in [0.1, 0.15) is 57.3 Å². The van der Waals surface area contributed by atoms with Crippen molar-refractivity contribution in [3.8, 4) is 0 Å². The van der Waals surface area contributed by atoms with Crippen LogP contribution in [0.4, 0.5) is 0 Å². The molecule has 2 aliphatic carbocycles. The Morgan fingerprint density at radius 2 is 1.95 bits per heavy atom. The molecule has 2 aliphatic rings. The second-order valence-electron chi connectivity index (χ2n) is 5.57. The zero-order chi connectivity index (χ0) is 14.1. The predicted molar refractivity (Wildman–Crippen MR) is 78.9 cm³/mol. The normalized spacial score (nSPS) is 18.3. The van der Waals surface area contributed by atoms with Crippen molar-refractivity contribution < 1.29 is 4.79 Å². The van der Waals surface area contributed by atoms with E-state index in [1.807, 2.05) is 18.7 Å². The molecule has 5 nitrogen and oxygen atoms in total. The van der Waals surface area contributed by atoms with E-state index in [2.05, 4.69) is 14.8 Å². The van der Waals surface area contributed by atoms with Crippen LogP contribution in [0.25, 0.3) is 0 Å². The molecule has 110 valence electrons. The Kier molecular flexibility index (Phi) is 4.01. The van der Waals surface area contributed by atoms with Gasteiger partial charge in [0.2, 0.25) is 5.91 Å². The predicted octanol–water partition coefficient (Wildman–Crippen LogP) is 2.45. The largest absolute Gasteiger partial charge is 0.343 e. The first kappa shape index (κ1) is 13.9. The lowest BCUT2D eigenvalue weighted by molar-refractivity contribution is -0.127. The number of amides is 1. The fourth-order valence-electron chi connectivity index (χ4n) is 2.48. The molecule has 0 spiro atoms. The SMILES string of the molecule is CCN(CC)C(=O)CSc1nnc(C2CC2)n1C1CC1. The molecule has 6 heteroatoms. The van der Waals surface area contributed by atoms with E-state index in [0.717, 1.165) is 24.1 Å². The summed E-state index contributed by atoms with van der Waals surface area (Å²) < 4.78 is 2.30. The monoisotopic (exact) mass is 294 g/mol. The fraction of sp³-hybridized carbons (Fsp3) is 0.786. The first-order valence-corrected chi connectivity index (χ1v) is 8.58. The molecule has 0 aliphatic heterocycles. The molecule has 0 atom stereocenters. The Labute approximate surface area is 124 Å². The number of thioether (sulfide) groups is 1. The maximum atomic E-state index is 12.1. The van der Waals surface area contributed by atoms with Crippen LogP contribution in [-0.4, -0.2) is 44.4 Å². The van der Waals surface area contributed by atoms with Crippen LogP contribution in [0.15, 0.2) is 5.16 Å². The maximum Gasteiger partial charge on any atom is 0.233 e. The van der Waals surface area contributed by atoms with Crippen LogP contribution in [0, 0.1) is 0 Å². The van der Waals surface area contributed by atoms with E-state index < -0.39 is 0 Å². The summed E-state index contributed by atoms with van der Waals surface area (Å²) in [5.74, 6) is 2.44. The van der Waals surface area contributed by atoms with Gasteiger partial charge in [-0.25, -0.2) is 0 Å². The number of aromatic nitrogens is 3. The van der Waals surface area contributed by atoms with E-state index in [1.54, 1.807) is 11.8 Å². The number of carbonyl (C=O) groups is 1. The third-order valence-electron chi connectivity index (χ3n) is 3.99. The lowest BCUT2D eigenvalue weighted by atomic mass is 10.4. The molecular formula is C14H22N4OS. The zero-order valence-corrected chi connectivity index (χ0v) is 13.0. The highest BCUT2D eigenvalue weighted by Gasteiger charge is 2.36. The van der Waals surface area contributed by atoms with Crippen LogP contribution < -0.4 is 0 Å². The highest BCUT2D eigenvalue weighted by Crippen LogP contribution is 2.45. The van der Waals surface area contributed by atoms with Crippen LogP contribution in [0.5, 0.6) is 0 Å². The van der Waals surface area contributed by atoms with Gasteiger partial charge in [0.1, 0.15) is 5.82 Å². The summed E-state index contributed by atoms with van der Waals surface area (Å²) in [4.78, 5) is 13.9. The molecule has 0 bridgehead atoms. The molecule has 0 saturated heterocycles. The molecule has 3 rings (SSSR count). The van der Waals surface area contributed by atoms with Crippen LogP contribution >= 0.6 is 11.8 Å². The van der Waals surface area contributed by atoms with Crippen molar-refractivity contribution in [2.24, 2.45) is 0 Å². The van der Waals surface area contributed by atoms with Crippen molar-refractivity contribution in [3.63, 3.8) is 0 Å². The van der Waals surface area contributed by atoms with Crippen molar-refractivity contribution in [1.29, 1.82) is 0 Å². The van der Waals surface area contributed by atoms with Gasteiger partial charge in [0.15, 0.2) is 5.16 Å². The molecule has 0 radical (unpaired) electrons. The minimum absolute atomic E-state index is 0.193. The fourth-order valence-corrected chi connectivity index (χ4v) is 3.39. The van der Waals surface area contributed by atoms with Gasteiger partial charge < -0.3 is 9.47 Å². The maximum absolute atomic E-state index is 12.1. The average Bonchev–Trinajstić information content (AvgIpc) is 3.36. The van der Waals surface area contributed by atoms with Gasteiger partial charge in [-0.3, -0.25) is 4.79 Å². The number of rotatable bonds is 7. The number of hydrogen-bond acceptors (Lipinski definition) is 4. The summed E-state index contributed by atoms with van der Waals surface area (Å²) in [5.41, 5.74) is 0. The Morgan fingerprint density at radius 1 is 1.25 bits per heavy atom. The molecule has 0 N–H and O–H groups in total. The second-order valence-corrected chi connectivity index (χ2v) is 6.51. The summed E-state index contributed by atoms with van der Waals surface area (Å²) in [6.45, 7) is 5.59. The zero-order valence-electron chi connectivity index (χ0n) is 12.2. The summed E-state index contributed by atoms with van der Waals surface area (Å²) in [5, 5.41) is 9.64. The van der Waals surface area contributed by atoms with Gasteiger partial charge in [-0.05, 0) is 39.5 Å². The van der Waals surface area contributed by atoms with Gasteiger partial charge in [0.05, 0.1) is 5.75 Å². The van der Waals surface area contributed by atoms with E-state index in [-0.39, 0.29) is 5.91 Å². The number of carbonyl (C=O) groups excluding carboxylic acids is 1. The molecule has 1 amide bonds. The Balaban J connectivity index is 1.67. The second kappa shape index (κ2) is 5.76. The molecule has 1 aromatic heterocycles. The quantitative estimate of drug-likeness (QED) is 0.725. The summed E-state index contributed by atoms with van der Waals surface area (Å²) in [7, 11) is 0. The molecule has 1 heterocycles. The Morgan fingerprint density at radius 3 is 2.50 bits per heavy atom. The van der Waals surface area contributed by atoms with Gasteiger partial charge in [0, 0.05) is 25.0 Å². The van der Waals surface area contributed by atoms with E-state index in [4.69, 9.17) is 0 Å². The lowest BCUT2D eigenvalue weighted by Crippen LogP contribution is -2.31. The van der Waals surface area contributed by atoms with Gasteiger partial charge in [-0.2, -0.15) is 0 Å². The van der Waals surface area contributed by atoms with E-state index in [0.29, 0.717) is 17.7 Å². The highest BCUT2D eigenvalue weighted by molar-refractivity contribution is 7.99. The van der Waals surface area contributed by atoms with Crippen LogP contribution in [0.2, 0.25) is 0 Å². The Hall–Kier alpha value is -1.04. The highest BCUT2D eigenvalue weighted by atomic mass is 32.2. The Bertz CT molecular complexity index is 489. The molecule has 0 unspecified atom stereocenters. The van der Waals surface area contributed by atoms with E-state index in [9.17, 15) is 4.79 Å². The lowest BCUT2D eigenvalue weighted by Gasteiger charge is -2.18. The van der Waals surface area contributed by atoms with E-state index in [1.165, 1.54) is 25.7 Å². The summed E-state index contributed by atoms with van der Waals surface area (Å²) in [6.07, 6.45) is 4.95. The van der Waals surface area contributed by atoms with Gasteiger partial charge in [-0.1, -0.05) is 11.8 Å². The third-order valence-corrected chi connectivity index (χ3v) is 4.91. The summed E-state index contributed by atoms with van der Waals surface area (Å²) in [6, 6.07) is 0.589. The molecule has 1 aromatic rings. The molecule has 20 heavy (non-hydrogen) atoms.